The monoisotopic (exact) mass is 771 g/mol. The van der Waals surface area contributed by atoms with Crippen LogP contribution in [0, 0.1) is 0 Å². The Morgan fingerprint density at radius 1 is 0.382 bits per heavy atom. The highest BCUT2D eigenvalue weighted by Gasteiger charge is 2.19. The van der Waals surface area contributed by atoms with Crippen molar-refractivity contribution < 1.29 is 28.6 Å². The van der Waals surface area contributed by atoms with Crippen molar-refractivity contribution in [1.29, 1.82) is 0 Å². The predicted molar refractivity (Wildman–Crippen MR) is 233 cm³/mol. The second-order valence-electron chi connectivity index (χ2n) is 15.3. The van der Waals surface area contributed by atoms with Crippen LogP contribution in [-0.4, -0.2) is 37.2 Å². The van der Waals surface area contributed by atoms with Crippen LogP contribution in [0.1, 0.15) is 226 Å². The first-order chi connectivity index (χ1) is 27.0. The summed E-state index contributed by atoms with van der Waals surface area (Å²) in [5.41, 5.74) is 0. The van der Waals surface area contributed by atoms with Crippen molar-refractivity contribution in [2.24, 2.45) is 0 Å². The van der Waals surface area contributed by atoms with Crippen LogP contribution in [0.4, 0.5) is 0 Å². The maximum atomic E-state index is 12.7. The minimum absolute atomic E-state index is 0.0828. The summed E-state index contributed by atoms with van der Waals surface area (Å²) in [5.74, 6) is -0.912. The van der Waals surface area contributed by atoms with Crippen LogP contribution in [-0.2, 0) is 28.6 Å². The van der Waals surface area contributed by atoms with E-state index in [4.69, 9.17) is 14.2 Å². The average Bonchev–Trinajstić information content (AvgIpc) is 3.18. The topological polar surface area (TPSA) is 78.9 Å². The molecule has 0 aliphatic carbocycles. The zero-order valence-electron chi connectivity index (χ0n) is 36.2. The third-order valence-corrected chi connectivity index (χ3v) is 9.88. The Labute approximate surface area is 339 Å². The van der Waals surface area contributed by atoms with E-state index in [1.807, 2.05) is 0 Å². The first-order valence-electron chi connectivity index (χ1n) is 23.2. The SMILES string of the molecule is CC\C=C/C=C\C=C/CCCCCCCC(=O)OCC(COC(=O)CCCCCCC/C=C\CCCC)OC(=O)CCCCCCCCCCCCCCC. The molecule has 6 nitrogen and oxygen atoms in total. The van der Waals surface area contributed by atoms with E-state index < -0.39 is 6.10 Å². The van der Waals surface area contributed by atoms with Gasteiger partial charge in [-0.05, 0) is 57.8 Å². The molecule has 0 bridgehead atoms. The lowest BCUT2D eigenvalue weighted by Crippen LogP contribution is -2.30. The highest BCUT2D eigenvalue weighted by atomic mass is 16.6. The van der Waals surface area contributed by atoms with Gasteiger partial charge in [-0.2, -0.15) is 0 Å². The largest absolute Gasteiger partial charge is 0.462 e. The van der Waals surface area contributed by atoms with Gasteiger partial charge in [0.15, 0.2) is 6.10 Å². The van der Waals surface area contributed by atoms with E-state index in [-0.39, 0.29) is 31.1 Å². The zero-order chi connectivity index (χ0) is 40.1. The van der Waals surface area contributed by atoms with Crippen molar-refractivity contribution in [3.05, 3.63) is 48.6 Å². The van der Waals surface area contributed by atoms with Crippen molar-refractivity contribution in [3.63, 3.8) is 0 Å². The van der Waals surface area contributed by atoms with E-state index in [0.29, 0.717) is 19.3 Å². The minimum Gasteiger partial charge on any atom is -0.462 e. The van der Waals surface area contributed by atoms with Crippen LogP contribution in [0.5, 0.6) is 0 Å². The predicted octanol–water partition coefficient (Wildman–Crippen LogP) is 14.8. The third kappa shape index (κ3) is 42.4. The molecule has 0 N–H and O–H groups in total. The quantitative estimate of drug-likeness (QED) is 0.0202. The van der Waals surface area contributed by atoms with E-state index in [9.17, 15) is 14.4 Å². The highest BCUT2D eigenvalue weighted by molar-refractivity contribution is 5.71. The van der Waals surface area contributed by atoms with Gasteiger partial charge < -0.3 is 14.2 Å². The molecule has 0 aliphatic rings. The van der Waals surface area contributed by atoms with Crippen LogP contribution in [0.25, 0.3) is 0 Å². The first kappa shape index (κ1) is 52.4. The van der Waals surface area contributed by atoms with Crippen molar-refractivity contribution in [1.82, 2.24) is 0 Å². The van der Waals surface area contributed by atoms with Crippen LogP contribution >= 0.6 is 0 Å². The van der Waals surface area contributed by atoms with E-state index >= 15 is 0 Å². The molecule has 0 radical (unpaired) electrons. The van der Waals surface area contributed by atoms with Crippen molar-refractivity contribution >= 4 is 17.9 Å². The fourth-order valence-corrected chi connectivity index (χ4v) is 6.36. The molecule has 0 aromatic heterocycles. The van der Waals surface area contributed by atoms with Crippen molar-refractivity contribution in [2.75, 3.05) is 13.2 Å². The standard InChI is InChI=1S/C49H86O6/c1-4-7-10-13-16-19-22-24-27-30-33-36-39-42-48(51)54-45-46(44-53-47(50)41-38-35-32-29-26-21-18-15-12-9-6-3)55-49(52)43-40-37-34-31-28-25-23-20-17-14-11-8-5-2/h7,10,13,15-16,18-19,22,46H,4-6,8-9,11-12,14,17,20-21,23-45H2,1-3H3/b10-7-,16-13-,18-15-,22-19-. The van der Waals surface area contributed by atoms with Crippen molar-refractivity contribution in [2.45, 2.75) is 232 Å². The van der Waals surface area contributed by atoms with Crippen LogP contribution in [0.2, 0.25) is 0 Å². The Morgan fingerprint density at radius 2 is 0.745 bits per heavy atom. The van der Waals surface area contributed by atoms with Gasteiger partial charge in [0.1, 0.15) is 13.2 Å². The van der Waals surface area contributed by atoms with Gasteiger partial charge in [0.2, 0.25) is 0 Å². The first-order valence-corrected chi connectivity index (χ1v) is 23.2. The summed E-state index contributed by atoms with van der Waals surface area (Å²) in [6, 6.07) is 0. The van der Waals surface area contributed by atoms with Gasteiger partial charge in [-0.25, -0.2) is 0 Å². The van der Waals surface area contributed by atoms with Gasteiger partial charge in [-0.1, -0.05) is 198 Å². The summed E-state index contributed by atoms with van der Waals surface area (Å²) in [4.78, 5) is 37.7. The number of carbonyl (C=O) groups excluding carboxylic acids is 3. The van der Waals surface area contributed by atoms with Crippen LogP contribution in [0.3, 0.4) is 0 Å². The zero-order valence-corrected chi connectivity index (χ0v) is 36.2. The van der Waals surface area contributed by atoms with Crippen molar-refractivity contribution in [3.8, 4) is 0 Å². The van der Waals surface area contributed by atoms with E-state index in [2.05, 4.69) is 69.4 Å². The van der Waals surface area contributed by atoms with Gasteiger partial charge in [-0.3, -0.25) is 14.4 Å². The highest BCUT2D eigenvalue weighted by Crippen LogP contribution is 2.15. The molecule has 0 spiro atoms. The average molecular weight is 771 g/mol. The Bertz CT molecular complexity index is 980. The Hall–Kier alpha value is -2.63. The number of hydrogen-bond acceptors (Lipinski definition) is 6. The molecule has 0 saturated heterocycles. The fraction of sp³-hybridized carbons (Fsp3) is 0.776. The molecule has 0 amide bonds. The summed E-state index contributed by atoms with van der Waals surface area (Å²) < 4.78 is 16.7. The number of esters is 3. The molecule has 6 heteroatoms. The molecule has 0 aromatic rings. The second-order valence-corrected chi connectivity index (χ2v) is 15.3. The number of hydrogen-bond donors (Lipinski definition) is 0. The summed E-state index contributed by atoms with van der Waals surface area (Å²) in [6.45, 7) is 6.43. The Balaban J connectivity index is 4.40. The maximum absolute atomic E-state index is 12.7. The molecule has 0 aliphatic heterocycles. The van der Waals surface area contributed by atoms with Crippen LogP contribution in [0.15, 0.2) is 48.6 Å². The Kier molecular flexibility index (Phi) is 42.0. The van der Waals surface area contributed by atoms with E-state index in [1.54, 1.807) is 0 Å². The van der Waals surface area contributed by atoms with Crippen LogP contribution < -0.4 is 0 Å². The normalized spacial score (nSPS) is 12.4. The molecule has 1 atom stereocenters. The lowest BCUT2D eigenvalue weighted by molar-refractivity contribution is -0.167. The van der Waals surface area contributed by atoms with Gasteiger partial charge in [0.25, 0.3) is 0 Å². The summed E-state index contributed by atoms with van der Waals surface area (Å²) in [5, 5.41) is 0. The molecule has 0 fully saturated rings. The summed E-state index contributed by atoms with van der Waals surface area (Å²) in [6.07, 6.45) is 50.9. The third-order valence-electron chi connectivity index (χ3n) is 9.88. The smallest absolute Gasteiger partial charge is 0.306 e. The number of carbonyl (C=O) groups is 3. The summed E-state index contributed by atoms with van der Waals surface area (Å²) >= 11 is 0. The molecular formula is C49H86O6. The van der Waals surface area contributed by atoms with Gasteiger partial charge in [0.05, 0.1) is 0 Å². The molecular weight excluding hydrogens is 685 g/mol. The molecule has 1 unspecified atom stereocenters. The van der Waals surface area contributed by atoms with Gasteiger partial charge >= 0.3 is 17.9 Å². The van der Waals surface area contributed by atoms with Gasteiger partial charge in [0, 0.05) is 19.3 Å². The number of rotatable bonds is 41. The maximum Gasteiger partial charge on any atom is 0.306 e. The molecule has 0 rings (SSSR count). The van der Waals surface area contributed by atoms with E-state index in [1.165, 1.54) is 96.3 Å². The van der Waals surface area contributed by atoms with Gasteiger partial charge in [-0.15, -0.1) is 0 Å². The minimum atomic E-state index is -0.779. The second kappa shape index (κ2) is 44.1. The molecule has 0 heterocycles. The van der Waals surface area contributed by atoms with E-state index in [0.717, 1.165) is 89.9 Å². The lowest BCUT2D eigenvalue weighted by atomic mass is 10.0. The molecule has 0 saturated carbocycles. The number of ether oxygens (including phenoxy) is 3. The molecule has 318 valence electrons. The number of unbranched alkanes of at least 4 members (excludes halogenated alkanes) is 24. The molecule has 55 heavy (non-hydrogen) atoms. The lowest BCUT2D eigenvalue weighted by Gasteiger charge is -2.18. The number of allylic oxidation sites excluding steroid dienone is 8. The molecule has 0 aromatic carbocycles. The summed E-state index contributed by atoms with van der Waals surface area (Å²) in [7, 11) is 0. The Morgan fingerprint density at radius 3 is 1.20 bits per heavy atom. The fourth-order valence-electron chi connectivity index (χ4n) is 6.36.